The molecule has 0 saturated heterocycles. The molecule has 0 aliphatic carbocycles. The lowest BCUT2D eigenvalue weighted by Gasteiger charge is -2.10. The lowest BCUT2D eigenvalue weighted by atomic mass is 10.2. The Morgan fingerprint density at radius 3 is 2.72 bits per heavy atom. The van der Waals surface area contributed by atoms with Crippen LogP contribution in [0.5, 0.6) is 0 Å². The van der Waals surface area contributed by atoms with Gasteiger partial charge in [0.05, 0.1) is 5.69 Å². The third-order valence-corrected chi connectivity index (χ3v) is 2.48. The van der Waals surface area contributed by atoms with Gasteiger partial charge in [-0.3, -0.25) is 5.43 Å². The minimum absolute atomic E-state index is 0.274. The number of nitrogens with one attached hydrogen (secondary N) is 2. The van der Waals surface area contributed by atoms with Crippen LogP contribution in [-0.2, 0) is 0 Å². The molecule has 0 bridgehead atoms. The SMILES string of the molecule is Cc1ccc(Nc2nc(NN)ncc2C)c(F)c1. The molecule has 0 saturated carbocycles. The standard InChI is InChI=1S/C12H14FN5/c1-7-3-4-10(9(13)5-7)16-11-8(2)6-15-12(17-11)18-14/h3-6H,14H2,1-2H3,(H2,15,16,17,18). The number of hydrazine groups is 1. The molecule has 0 aliphatic heterocycles. The average molecular weight is 247 g/mol. The van der Waals surface area contributed by atoms with Crippen molar-refractivity contribution in [1.29, 1.82) is 0 Å². The Bertz CT molecular complexity index is 570. The zero-order chi connectivity index (χ0) is 13.1. The summed E-state index contributed by atoms with van der Waals surface area (Å²) in [4.78, 5) is 8.08. The molecule has 0 spiro atoms. The van der Waals surface area contributed by atoms with E-state index in [1.54, 1.807) is 12.3 Å². The molecule has 0 atom stereocenters. The van der Waals surface area contributed by atoms with Gasteiger partial charge in [-0.05, 0) is 31.5 Å². The first-order chi connectivity index (χ1) is 8.60. The van der Waals surface area contributed by atoms with Crippen LogP contribution >= 0.6 is 0 Å². The largest absolute Gasteiger partial charge is 0.337 e. The van der Waals surface area contributed by atoms with E-state index in [4.69, 9.17) is 5.84 Å². The number of benzene rings is 1. The fourth-order valence-electron chi connectivity index (χ4n) is 1.49. The fraction of sp³-hybridized carbons (Fsp3) is 0.167. The number of aryl methyl sites for hydroxylation is 2. The maximum absolute atomic E-state index is 13.7. The van der Waals surface area contributed by atoms with Gasteiger partial charge in [0.2, 0.25) is 5.95 Å². The van der Waals surface area contributed by atoms with Gasteiger partial charge in [-0.25, -0.2) is 15.2 Å². The molecule has 0 unspecified atom stereocenters. The third-order valence-electron chi connectivity index (χ3n) is 2.48. The van der Waals surface area contributed by atoms with Gasteiger partial charge in [-0.2, -0.15) is 4.98 Å². The number of hydrogen-bond acceptors (Lipinski definition) is 5. The third kappa shape index (κ3) is 2.54. The second-order valence-electron chi connectivity index (χ2n) is 3.98. The summed E-state index contributed by atoms with van der Waals surface area (Å²) in [6, 6.07) is 4.95. The van der Waals surface area contributed by atoms with Gasteiger partial charge < -0.3 is 5.32 Å². The first kappa shape index (κ1) is 12.3. The summed E-state index contributed by atoms with van der Waals surface area (Å²) in [5.41, 5.74) is 4.38. The van der Waals surface area contributed by atoms with Crippen molar-refractivity contribution in [3.05, 3.63) is 41.3 Å². The number of nitrogen functional groups attached to an aromatic ring is 1. The molecule has 2 aromatic rings. The maximum Gasteiger partial charge on any atom is 0.239 e. The monoisotopic (exact) mass is 247 g/mol. The van der Waals surface area contributed by atoms with Crippen LogP contribution in [0.2, 0.25) is 0 Å². The predicted molar refractivity (Wildman–Crippen MR) is 69.0 cm³/mol. The highest BCUT2D eigenvalue weighted by Crippen LogP contribution is 2.22. The van der Waals surface area contributed by atoms with Gasteiger partial charge in [0, 0.05) is 11.8 Å². The molecule has 2 rings (SSSR count). The summed E-state index contributed by atoms with van der Waals surface area (Å²) < 4.78 is 13.7. The fourth-order valence-corrected chi connectivity index (χ4v) is 1.49. The van der Waals surface area contributed by atoms with Crippen LogP contribution in [0.3, 0.4) is 0 Å². The van der Waals surface area contributed by atoms with E-state index in [9.17, 15) is 4.39 Å². The summed E-state index contributed by atoms with van der Waals surface area (Å²) in [6.45, 7) is 3.66. The highest BCUT2D eigenvalue weighted by Gasteiger charge is 2.07. The molecule has 1 aromatic carbocycles. The van der Waals surface area contributed by atoms with Crippen LogP contribution in [0.15, 0.2) is 24.4 Å². The zero-order valence-electron chi connectivity index (χ0n) is 10.2. The molecule has 0 fully saturated rings. The summed E-state index contributed by atoms with van der Waals surface area (Å²) in [5, 5.41) is 2.92. The summed E-state index contributed by atoms with van der Waals surface area (Å²) in [7, 11) is 0. The number of hydrogen-bond donors (Lipinski definition) is 3. The van der Waals surface area contributed by atoms with Crippen molar-refractivity contribution in [2.45, 2.75) is 13.8 Å². The Balaban J connectivity index is 2.33. The van der Waals surface area contributed by atoms with E-state index in [-0.39, 0.29) is 11.8 Å². The number of nitrogens with zero attached hydrogens (tertiary/aromatic N) is 2. The van der Waals surface area contributed by atoms with E-state index in [2.05, 4.69) is 20.7 Å². The Hall–Kier alpha value is -2.21. The van der Waals surface area contributed by atoms with Gasteiger partial charge in [0.25, 0.3) is 0 Å². The van der Waals surface area contributed by atoms with Crippen LogP contribution < -0.4 is 16.6 Å². The van der Waals surface area contributed by atoms with Crippen molar-refractivity contribution in [2.75, 3.05) is 10.7 Å². The Kier molecular flexibility index (Phi) is 3.38. The molecule has 5 nitrogen and oxygen atoms in total. The minimum Gasteiger partial charge on any atom is -0.337 e. The lowest BCUT2D eigenvalue weighted by molar-refractivity contribution is 0.630. The molecular formula is C12H14FN5. The highest BCUT2D eigenvalue weighted by atomic mass is 19.1. The van der Waals surface area contributed by atoms with Crippen molar-refractivity contribution in [2.24, 2.45) is 5.84 Å². The van der Waals surface area contributed by atoms with Crippen molar-refractivity contribution in [3.8, 4) is 0 Å². The van der Waals surface area contributed by atoms with E-state index < -0.39 is 0 Å². The first-order valence-corrected chi connectivity index (χ1v) is 5.43. The van der Waals surface area contributed by atoms with Gasteiger partial charge in [-0.1, -0.05) is 6.07 Å². The molecule has 18 heavy (non-hydrogen) atoms. The van der Waals surface area contributed by atoms with Crippen LogP contribution in [-0.4, -0.2) is 9.97 Å². The Morgan fingerprint density at radius 2 is 2.06 bits per heavy atom. The average Bonchev–Trinajstić information content (AvgIpc) is 2.35. The molecule has 94 valence electrons. The van der Waals surface area contributed by atoms with Crippen LogP contribution in [0.25, 0.3) is 0 Å². The van der Waals surface area contributed by atoms with E-state index >= 15 is 0 Å². The van der Waals surface area contributed by atoms with E-state index in [0.29, 0.717) is 11.5 Å². The van der Waals surface area contributed by atoms with Crippen LogP contribution in [0.4, 0.5) is 21.8 Å². The summed E-state index contributed by atoms with van der Waals surface area (Å²) >= 11 is 0. The zero-order valence-corrected chi connectivity index (χ0v) is 10.2. The Labute approximate surface area is 104 Å². The van der Waals surface area contributed by atoms with Gasteiger partial charge >= 0.3 is 0 Å². The second kappa shape index (κ2) is 4.97. The van der Waals surface area contributed by atoms with E-state index in [1.165, 1.54) is 6.07 Å². The minimum atomic E-state index is -0.324. The molecule has 4 N–H and O–H groups in total. The normalized spacial score (nSPS) is 10.2. The molecule has 1 heterocycles. The van der Waals surface area contributed by atoms with Crippen molar-refractivity contribution < 1.29 is 4.39 Å². The molecule has 0 amide bonds. The molecule has 0 radical (unpaired) electrons. The van der Waals surface area contributed by atoms with Gasteiger partial charge in [0.1, 0.15) is 11.6 Å². The predicted octanol–water partition coefficient (Wildman–Crippen LogP) is 2.26. The van der Waals surface area contributed by atoms with Crippen molar-refractivity contribution >= 4 is 17.5 Å². The topological polar surface area (TPSA) is 75.9 Å². The molecular weight excluding hydrogens is 233 g/mol. The van der Waals surface area contributed by atoms with E-state index in [1.807, 2.05) is 19.9 Å². The Morgan fingerprint density at radius 1 is 1.28 bits per heavy atom. The number of halogens is 1. The van der Waals surface area contributed by atoms with Crippen molar-refractivity contribution in [1.82, 2.24) is 9.97 Å². The van der Waals surface area contributed by atoms with Crippen LogP contribution in [0, 0.1) is 19.7 Å². The van der Waals surface area contributed by atoms with Gasteiger partial charge in [-0.15, -0.1) is 0 Å². The molecule has 6 heteroatoms. The highest BCUT2D eigenvalue weighted by molar-refractivity contribution is 5.60. The van der Waals surface area contributed by atoms with Crippen molar-refractivity contribution in [3.63, 3.8) is 0 Å². The summed E-state index contributed by atoms with van der Waals surface area (Å²) in [6.07, 6.45) is 1.61. The second-order valence-corrected chi connectivity index (χ2v) is 3.98. The number of anilines is 3. The quantitative estimate of drug-likeness (QED) is 0.573. The van der Waals surface area contributed by atoms with Gasteiger partial charge in [0.15, 0.2) is 0 Å². The summed E-state index contributed by atoms with van der Waals surface area (Å²) in [5.74, 6) is 5.70. The number of aromatic nitrogens is 2. The van der Waals surface area contributed by atoms with E-state index in [0.717, 1.165) is 11.1 Å². The lowest BCUT2D eigenvalue weighted by Crippen LogP contribution is -2.11. The molecule has 0 aliphatic rings. The number of nitrogens with two attached hydrogens (primary N) is 1. The van der Waals surface area contributed by atoms with Crippen LogP contribution in [0.1, 0.15) is 11.1 Å². The number of rotatable bonds is 3. The first-order valence-electron chi connectivity index (χ1n) is 5.43. The maximum atomic E-state index is 13.7. The smallest absolute Gasteiger partial charge is 0.239 e. The molecule has 1 aromatic heterocycles.